The third-order valence-corrected chi connectivity index (χ3v) is 5.59. The Balaban J connectivity index is 2.18. The van der Waals surface area contributed by atoms with E-state index in [0.29, 0.717) is 5.69 Å². The van der Waals surface area contributed by atoms with Gasteiger partial charge in [-0.05, 0) is 43.5 Å². The minimum absolute atomic E-state index is 0.215. The zero-order valence-corrected chi connectivity index (χ0v) is 16.5. The van der Waals surface area contributed by atoms with Crippen LogP contribution in [0.3, 0.4) is 0 Å². The lowest BCUT2D eigenvalue weighted by Crippen LogP contribution is -2.48. The number of hydrogen-bond donors (Lipinski definition) is 1. The first-order chi connectivity index (χ1) is 12.2. The second-order valence-corrected chi connectivity index (χ2v) is 8.26. The molecule has 2 atom stereocenters. The van der Waals surface area contributed by atoms with Gasteiger partial charge < -0.3 is 5.32 Å². The highest BCUT2D eigenvalue weighted by atomic mass is 32.2. The van der Waals surface area contributed by atoms with Gasteiger partial charge >= 0.3 is 0 Å². The molecule has 0 radical (unpaired) electrons. The van der Waals surface area contributed by atoms with Crippen LogP contribution in [0.4, 0.5) is 5.69 Å². The maximum atomic E-state index is 12.7. The predicted octanol–water partition coefficient (Wildman–Crippen LogP) is 3.28. The third kappa shape index (κ3) is 4.85. The fraction of sp³-hybridized carbons (Fsp3) is 0.350. The molecule has 26 heavy (non-hydrogen) atoms. The van der Waals surface area contributed by atoms with Gasteiger partial charge in [0, 0.05) is 0 Å². The maximum Gasteiger partial charge on any atom is 0.244 e. The van der Waals surface area contributed by atoms with E-state index < -0.39 is 16.1 Å². The van der Waals surface area contributed by atoms with E-state index in [4.69, 9.17) is 0 Å². The van der Waals surface area contributed by atoms with Crippen molar-refractivity contribution in [1.82, 2.24) is 5.32 Å². The largest absolute Gasteiger partial charge is 0.348 e. The number of hydrogen-bond acceptors (Lipinski definition) is 3. The molecule has 0 spiro atoms. The summed E-state index contributed by atoms with van der Waals surface area (Å²) in [6.45, 7) is 5.57. The highest BCUT2D eigenvalue weighted by molar-refractivity contribution is 7.92. The Bertz CT molecular complexity index is 833. The van der Waals surface area contributed by atoms with E-state index in [1.54, 1.807) is 37.3 Å². The molecule has 140 valence electrons. The third-order valence-electron chi connectivity index (χ3n) is 4.35. The van der Waals surface area contributed by atoms with Crippen LogP contribution < -0.4 is 9.62 Å². The number of amides is 1. The van der Waals surface area contributed by atoms with Gasteiger partial charge in [-0.1, -0.05) is 49.4 Å². The Morgan fingerprint density at radius 2 is 1.62 bits per heavy atom. The van der Waals surface area contributed by atoms with E-state index in [1.807, 2.05) is 31.2 Å². The van der Waals surface area contributed by atoms with Crippen molar-refractivity contribution in [3.05, 3.63) is 65.7 Å². The van der Waals surface area contributed by atoms with Crippen molar-refractivity contribution in [2.45, 2.75) is 39.3 Å². The molecule has 2 aromatic carbocycles. The van der Waals surface area contributed by atoms with Gasteiger partial charge in [-0.25, -0.2) is 8.42 Å². The molecule has 2 rings (SSSR count). The predicted molar refractivity (Wildman–Crippen MR) is 106 cm³/mol. The van der Waals surface area contributed by atoms with Crippen molar-refractivity contribution in [3.63, 3.8) is 0 Å². The van der Waals surface area contributed by atoms with Gasteiger partial charge in [0.1, 0.15) is 6.04 Å². The molecule has 0 heterocycles. The topological polar surface area (TPSA) is 66.5 Å². The average molecular weight is 375 g/mol. The van der Waals surface area contributed by atoms with Crippen LogP contribution in [0.1, 0.15) is 37.9 Å². The number of rotatable bonds is 7. The second kappa shape index (κ2) is 8.36. The van der Waals surface area contributed by atoms with Crippen LogP contribution in [0.15, 0.2) is 54.6 Å². The zero-order chi connectivity index (χ0) is 19.3. The molecule has 1 amide bonds. The summed E-state index contributed by atoms with van der Waals surface area (Å²) in [6.07, 6.45) is 2.06. The molecule has 0 bridgehead atoms. The summed E-state index contributed by atoms with van der Waals surface area (Å²) in [5, 5.41) is 2.91. The number of para-hydroxylation sites is 1. The van der Waals surface area contributed by atoms with Gasteiger partial charge in [0.25, 0.3) is 0 Å². The van der Waals surface area contributed by atoms with Crippen LogP contribution in [-0.2, 0) is 21.2 Å². The van der Waals surface area contributed by atoms with Crippen LogP contribution >= 0.6 is 0 Å². The van der Waals surface area contributed by atoms with Crippen LogP contribution in [0, 0.1) is 0 Å². The quantitative estimate of drug-likeness (QED) is 0.809. The average Bonchev–Trinajstić information content (AvgIpc) is 2.61. The number of anilines is 1. The molecular weight excluding hydrogens is 348 g/mol. The molecule has 2 aromatic rings. The van der Waals surface area contributed by atoms with Crippen LogP contribution in [0.25, 0.3) is 0 Å². The molecule has 5 nitrogen and oxygen atoms in total. The molecule has 0 saturated heterocycles. The zero-order valence-electron chi connectivity index (χ0n) is 15.6. The fourth-order valence-electron chi connectivity index (χ4n) is 2.84. The Kier molecular flexibility index (Phi) is 6.42. The number of carbonyl (C=O) groups is 1. The number of nitrogens with zero attached hydrogens (tertiary/aromatic N) is 1. The lowest BCUT2D eigenvalue weighted by molar-refractivity contribution is -0.122. The molecule has 0 saturated carbocycles. The van der Waals surface area contributed by atoms with E-state index in [0.717, 1.165) is 22.5 Å². The molecule has 0 aliphatic rings. The van der Waals surface area contributed by atoms with E-state index >= 15 is 0 Å². The maximum absolute atomic E-state index is 12.7. The first-order valence-electron chi connectivity index (χ1n) is 8.67. The molecular formula is C20H26N2O3S. The van der Waals surface area contributed by atoms with Gasteiger partial charge in [-0.2, -0.15) is 0 Å². The number of nitrogens with one attached hydrogen (secondary N) is 1. The Morgan fingerprint density at radius 3 is 2.12 bits per heavy atom. The molecule has 0 aliphatic heterocycles. The second-order valence-electron chi connectivity index (χ2n) is 6.40. The van der Waals surface area contributed by atoms with Crippen molar-refractivity contribution in [1.29, 1.82) is 0 Å². The van der Waals surface area contributed by atoms with Crippen LogP contribution in [0.5, 0.6) is 0 Å². The monoisotopic (exact) mass is 374 g/mol. The number of carbonyl (C=O) groups excluding carboxylic acids is 1. The Labute approximate surface area is 156 Å². The lowest BCUT2D eigenvalue weighted by Gasteiger charge is -2.29. The van der Waals surface area contributed by atoms with Crippen LogP contribution in [0.2, 0.25) is 0 Å². The number of aryl methyl sites for hydroxylation is 1. The first kappa shape index (κ1) is 20.0. The molecule has 1 N–H and O–H groups in total. The SMILES string of the molecule is CCc1ccc([C@H](C)NC(=O)[C@H](C)N(c2ccccc2)S(C)(=O)=O)cc1. The van der Waals surface area contributed by atoms with Crippen molar-refractivity contribution in [3.8, 4) is 0 Å². The summed E-state index contributed by atoms with van der Waals surface area (Å²) in [4.78, 5) is 12.7. The van der Waals surface area contributed by atoms with Crippen molar-refractivity contribution < 1.29 is 13.2 Å². The van der Waals surface area contributed by atoms with Gasteiger partial charge in [-0.3, -0.25) is 9.10 Å². The minimum atomic E-state index is -3.60. The Morgan fingerprint density at radius 1 is 1.04 bits per heavy atom. The number of benzene rings is 2. The smallest absolute Gasteiger partial charge is 0.244 e. The van der Waals surface area contributed by atoms with Crippen molar-refractivity contribution >= 4 is 21.6 Å². The summed E-state index contributed by atoms with van der Waals surface area (Å²) in [7, 11) is -3.60. The molecule has 0 aromatic heterocycles. The minimum Gasteiger partial charge on any atom is -0.348 e. The molecule has 0 fully saturated rings. The summed E-state index contributed by atoms with van der Waals surface area (Å²) in [5.74, 6) is -0.341. The van der Waals surface area contributed by atoms with E-state index in [2.05, 4.69) is 12.2 Å². The summed E-state index contributed by atoms with van der Waals surface area (Å²) in [5.41, 5.74) is 2.68. The van der Waals surface area contributed by atoms with Gasteiger partial charge in [-0.15, -0.1) is 0 Å². The molecule has 6 heteroatoms. The first-order valence-corrected chi connectivity index (χ1v) is 10.5. The molecule has 0 aliphatic carbocycles. The van der Waals surface area contributed by atoms with Crippen molar-refractivity contribution in [2.75, 3.05) is 10.6 Å². The summed E-state index contributed by atoms with van der Waals surface area (Å²) >= 11 is 0. The van der Waals surface area contributed by atoms with Crippen molar-refractivity contribution in [2.24, 2.45) is 0 Å². The lowest BCUT2D eigenvalue weighted by atomic mass is 10.0. The highest BCUT2D eigenvalue weighted by Gasteiger charge is 2.29. The van der Waals surface area contributed by atoms with Gasteiger partial charge in [0.2, 0.25) is 15.9 Å². The Hall–Kier alpha value is -2.34. The number of sulfonamides is 1. The summed E-state index contributed by atoms with van der Waals surface area (Å²) < 4.78 is 25.6. The fourth-order valence-corrected chi connectivity index (χ4v) is 4.02. The van der Waals surface area contributed by atoms with Gasteiger partial charge in [0.15, 0.2) is 0 Å². The van der Waals surface area contributed by atoms with E-state index in [9.17, 15) is 13.2 Å². The van der Waals surface area contributed by atoms with Gasteiger partial charge in [0.05, 0.1) is 18.0 Å². The van der Waals surface area contributed by atoms with Crippen LogP contribution in [-0.4, -0.2) is 26.6 Å². The normalized spacial score (nSPS) is 13.7. The van der Waals surface area contributed by atoms with E-state index in [1.165, 1.54) is 5.56 Å². The van der Waals surface area contributed by atoms with E-state index in [-0.39, 0.29) is 11.9 Å². The standard InChI is InChI=1S/C20H26N2O3S/c1-5-17-11-13-18(14-12-17)15(2)21-20(23)16(3)22(26(4,24)25)19-9-7-6-8-10-19/h6-16H,5H2,1-4H3,(H,21,23)/t15-,16-/m0/s1. The highest BCUT2D eigenvalue weighted by Crippen LogP contribution is 2.21. The summed E-state index contributed by atoms with van der Waals surface area (Å²) in [6, 6.07) is 15.6. The molecule has 0 unspecified atom stereocenters.